The lowest BCUT2D eigenvalue weighted by atomic mass is 9.97. The largest absolute Gasteiger partial charge is 0.417 e. The van der Waals surface area contributed by atoms with Gasteiger partial charge in [-0.05, 0) is 29.8 Å². The van der Waals surface area contributed by atoms with Gasteiger partial charge in [0.2, 0.25) is 0 Å². The van der Waals surface area contributed by atoms with Crippen molar-refractivity contribution in [3.05, 3.63) is 48.0 Å². The molecular formula is C17H19F3N2O2. The van der Waals surface area contributed by atoms with Crippen LogP contribution in [0.4, 0.5) is 24.5 Å². The predicted octanol–water partition coefficient (Wildman–Crippen LogP) is 2.75. The van der Waals surface area contributed by atoms with Crippen molar-refractivity contribution in [3.8, 4) is 11.1 Å². The van der Waals surface area contributed by atoms with E-state index in [1.54, 1.807) is 17.0 Å². The number of rotatable bonds is 6. The molecule has 7 heteroatoms. The number of nitrogens with two attached hydrogens (primary N) is 1. The molecule has 2 aromatic carbocycles. The number of halogens is 3. The summed E-state index contributed by atoms with van der Waals surface area (Å²) in [4.78, 5) is 1.68. The van der Waals surface area contributed by atoms with E-state index in [4.69, 9.17) is 15.9 Å². The van der Waals surface area contributed by atoms with Crippen molar-refractivity contribution in [1.29, 1.82) is 0 Å². The van der Waals surface area contributed by atoms with Gasteiger partial charge in [-0.2, -0.15) is 13.2 Å². The van der Waals surface area contributed by atoms with Gasteiger partial charge in [0, 0.05) is 30.0 Å². The summed E-state index contributed by atoms with van der Waals surface area (Å²) in [5.74, 6) is 0. The van der Waals surface area contributed by atoms with Crippen LogP contribution in [-0.4, -0.2) is 36.5 Å². The number of aliphatic hydroxyl groups excluding tert-OH is 2. The fourth-order valence-corrected chi connectivity index (χ4v) is 2.55. The zero-order chi connectivity index (χ0) is 17.7. The van der Waals surface area contributed by atoms with E-state index in [1.165, 1.54) is 24.3 Å². The van der Waals surface area contributed by atoms with E-state index >= 15 is 0 Å². The molecule has 0 aliphatic rings. The number of alkyl halides is 3. The van der Waals surface area contributed by atoms with E-state index in [2.05, 4.69) is 0 Å². The van der Waals surface area contributed by atoms with Gasteiger partial charge >= 0.3 is 6.18 Å². The summed E-state index contributed by atoms with van der Waals surface area (Å²) in [6.07, 6.45) is -4.49. The molecule has 0 spiro atoms. The monoisotopic (exact) mass is 340 g/mol. The Bertz CT molecular complexity index is 684. The zero-order valence-corrected chi connectivity index (χ0v) is 12.9. The van der Waals surface area contributed by atoms with Crippen LogP contribution in [-0.2, 0) is 6.18 Å². The number of benzene rings is 2. The molecule has 0 aliphatic heterocycles. The average Bonchev–Trinajstić information content (AvgIpc) is 2.54. The Kier molecular flexibility index (Phi) is 5.69. The van der Waals surface area contributed by atoms with Gasteiger partial charge in [0.05, 0.1) is 18.8 Å². The van der Waals surface area contributed by atoms with Crippen molar-refractivity contribution in [3.63, 3.8) is 0 Å². The number of hydrogen-bond donors (Lipinski definition) is 3. The highest BCUT2D eigenvalue weighted by atomic mass is 19.4. The number of hydrogen-bond acceptors (Lipinski definition) is 4. The van der Waals surface area contributed by atoms with Crippen LogP contribution in [0, 0.1) is 0 Å². The molecule has 0 bridgehead atoms. The third kappa shape index (κ3) is 3.98. The normalized spacial score (nSPS) is 11.5. The minimum atomic E-state index is -4.49. The van der Waals surface area contributed by atoms with Crippen LogP contribution in [0.25, 0.3) is 11.1 Å². The van der Waals surface area contributed by atoms with Crippen LogP contribution in [0.1, 0.15) is 5.56 Å². The number of nitrogens with zero attached hydrogens (tertiary/aromatic N) is 1. The SMILES string of the molecule is Nc1ccc(N(CCO)CCO)cc1-c1ccccc1C(F)(F)F. The molecule has 0 amide bonds. The highest BCUT2D eigenvalue weighted by Crippen LogP contribution is 2.40. The highest BCUT2D eigenvalue weighted by molar-refractivity contribution is 5.82. The molecule has 4 nitrogen and oxygen atoms in total. The highest BCUT2D eigenvalue weighted by Gasteiger charge is 2.33. The molecule has 2 rings (SSSR count). The van der Waals surface area contributed by atoms with Crippen LogP contribution in [0.5, 0.6) is 0 Å². The Balaban J connectivity index is 2.54. The Morgan fingerprint density at radius 1 is 0.917 bits per heavy atom. The number of anilines is 2. The van der Waals surface area contributed by atoms with E-state index in [-0.39, 0.29) is 43.1 Å². The lowest BCUT2D eigenvalue weighted by Gasteiger charge is -2.24. The minimum absolute atomic E-state index is 0.00250. The maximum absolute atomic E-state index is 13.2. The van der Waals surface area contributed by atoms with Gasteiger partial charge in [-0.15, -0.1) is 0 Å². The summed E-state index contributed by atoms with van der Waals surface area (Å²) in [6, 6.07) is 9.97. The first-order chi connectivity index (χ1) is 11.4. The van der Waals surface area contributed by atoms with Crippen LogP contribution in [0.2, 0.25) is 0 Å². The molecule has 2 aromatic rings. The van der Waals surface area contributed by atoms with E-state index in [9.17, 15) is 13.2 Å². The van der Waals surface area contributed by atoms with Crippen molar-refractivity contribution >= 4 is 11.4 Å². The molecule has 0 fully saturated rings. The van der Waals surface area contributed by atoms with Crippen molar-refractivity contribution in [2.45, 2.75) is 6.18 Å². The lowest BCUT2D eigenvalue weighted by Crippen LogP contribution is -2.29. The first-order valence-electron chi connectivity index (χ1n) is 7.41. The molecule has 0 unspecified atom stereocenters. The molecule has 0 aromatic heterocycles. The first kappa shape index (κ1) is 18.1. The third-order valence-corrected chi connectivity index (χ3v) is 3.66. The second-order valence-corrected chi connectivity index (χ2v) is 5.25. The maximum Gasteiger partial charge on any atom is 0.417 e. The number of nitrogen functional groups attached to an aromatic ring is 1. The summed E-state index contributed by atoms with van der Waals surface area (Å²) in [7, 11) is 0. The van der Waals surface area contributed by atoms with Crippen LogP contribution in [0.15, 0.2) is 42.5 Å². The van der Waals surface area contributed by atoms with Crippen LogP contribution in [0.3, 0.4) is 0 Å². The smallest absolute Gasteiger partial charge is 0.398 e. The second-order valence-electron chi connectivity index (χ2n) is 5.25. The van der Waals surface area contributed by atoms with Crippen LogP contribution < -0.4 is 10.6 Å². The van der Waals surface area contributed by atoms with Gasteiger partial charge in [-0.1, -0.05) is 18.2 Å². The van der Waals surface area contributed by atoms with E-state index in [0.29, 0.717) is 5.69 Å². The summed E-state index contributed by atoms with van der Waals surface area (Å²) >= 11 is 0. The minimum Gasteiger partial charge on any atom is -0.398 e. The lowest BCUT2D eigenvalue weighted by molar-refractivity contribution is -0.137. The fourth-order valence-electron chi connectivity index (χ4n) is 2.55. The Morgan fingerprint density at radius 2 is 1.54 bits per heavy atom. The van der Waals surface area contributed by atoms with E-state index in [0.717, 1.165) is 6.07 Å². The Labute approximate surface area is 137 Å². The molecular weight excluding hydrogens is 321 g/mol. The van der Waals surface area contributed by atoms with E-state index < -0.39 is 11.7 Å². The molecule has 0 aliphatic carbocycles. The van der Waals surface area contributed by atoms with Crippen molar-refractivity contribution in [2.75, 3.05) is 36.9 Å². The molecule has 0 saturated heterocycles. The standard InChI is InChI=1S/C17H19F3N2O2/c18-17(19,20)15-4-2-1-3-13(15)14-11-12(5-6-16(14)21)22(7-9-23)8-10-24/h1-6,11,23-24H,7-10,21H2. The molecule has 0 saturated carbocycles. The summed E-state index contributed by atoms with van der Waals surface area (Å²) < 4.78 is 39.7. The Hall–Kier alpha value is -2.25. The number of aliphatic hydroxyl groups is 2. The quantitative estimate of drug-likeness (QED) is 0.707. The van der Waals surface area contributed by atoms with Gasteiger partial charge in [0.15, 0.2) is 0 Å². The first-order valence-corrected chi connectivity index (χ1v) is 7.41. The second kappa shape index (κ2) is 7.55. The van der Waals surface area contributed by atoms with Gasteiger partial charge in [-0.3, -0.25) is 0 Å². The topological polar surface area (TPSA) is 69.7 Å². The Morgan fingerprint density at radius 3 is 2.12 bits per heavy atom. The summed E-state index contributed by atoms with van der Waals surface area (Å²) in [5, 5.41) is 18.2. The maximum atomic E-state index is 13.2. The van der Waals surface area contributed by atoms with Crippen molar-refractivity contribution in [1.82, 2.24) is 0 Å². The summed E-state index contributed by atoms with van der Waals surface area (Å²) in [6.45, 7) is 0.230. The fraction of sp³-hybridized carbons (Fsp3) is 0.294. The van der Waals surface area contributed by atoms with Crippen molar-refractivity contribution < 1.29 is 23.4 Å². The molecule has 24 heavy (non-hydrogen) atoms. The van der Waals surface area contributed by atoms with E-state index in [1.807, 2.05) is 0 Å². The molecule has 0 radical (unpaired) electrons. The van der Waals surface area contributed by atoms with Crippen LogP contribution >= 0.6 is 0 Å². The predicted molar refractivity (Wildman–Crippen MR) is 87.7 cm³/mol. The zero-order valence-electron chi connectivity index (χ0n) is 12.9. The van der Waals surface area contributed by atoms with Crippen molar-refractivity contribution in [2.24, 2.45) is 0 Å². The van der Waals surface area contributed by atoms with Gasteiger partial charge < -0.3 is 20.8 Å². The van der Waals surface area contributed by atoms with Gasteiger partial charge in [-0.25, -0.2) is 0 Å². The summed E-state index contributed by atoms with van der Waals surface area (Å²) in [5.41, 5.74) is 6.21. The average molecular weight is 340 g/mol. The van der Waals surface area contributed by atoms with Gasteiger partial charge in [0.1, 0.15) is 0 Å². The molecule has 0 heterocycles. The van der Waals surface area contributed by atoms with Gasteiger partial charge in [0.25, 0.3) is 0 Å². The molecule has 4 N–H and O–H groups in total. The molecule has 0 atom stereocenters. The molecule has 130 valence electrons. The third-order valence-electron chi connectivity index (χ3n) is 3.66.